The van der Waals surface area contributed by atoms with E-state index in [1.807, 2.05) is 5.10 Å². The van der Waals surface area contributed by atoms with Gasteiger partial charge in [0.1, 0.15) is 12.4 Å². The molecule has 0 bridgehead atoms. The summed E-state index contributed by atoms with van der Waals surface area (Å²) < 4.78 is 37.6. The van der Waals surface area contributed by atoms with Crippen molar-refractivity contribution in [3.8, 4) is 0 Å². The highest BCUT2D eigenvalue weighted by molar-refractivity contribution is 5.39. The summed E-state index contributed by atoms with van der Waals surface area (Å²) in [5.41, 5.74) is 5.91. The minimum atomic E-state index is -4.47. The molecule has 0 unspecified atom stereocenters. The molecule has 1 heterocycles. The molecule has 0 radical (unpaired) electrons. The molecule has 0 saturated carbocycles. The van der Waals surface area contributed by atoms with Crippen LogP contribution >= 0.6 is 0 Å². The summed E-state index contributed by atoms with van der Waals surface area (Å²) >= 11 is 0. The van der Waals surface area contributed by atoms with Crippen molar-refractivity contribution < 1.29 is 13.2 Å². The van der Waals surface area contributed by atoms with Crippen molar-refractivity contribution in [1.82, 2.24) is 14.8 Å². The third-order valence-electron chi connectivity index (χ3n) is 2.52. The van der Waals surface area contributed by atoms with E-state index in [-0.39, 0.29) is 12.2 Å². The molecule has 0 aliphatic carbocycles. The highest BCUT2D eigenvalue weighted by Gasteiger charge is 2.30. The fourth-order valence-corrected chi connectivity index (χ4v) is 1.65. The molecule has 0 aliphatic heterocycles. The van der Waals surface area contributed by atoms with Crippen LogP contribution in [0.3, 0.4) is 0 Å². The molecule has 0 saturated heterocycles. The number of hydrogen-bond acceptors (Lipinski definition) is 3. The van der Waals surface area contributed by atoms with Crippen LogP contribution in [0, 0.1) is 0 Å². The monoisotopic (exact) mass is 272 g/mol. The zero-order valence-corrected chi connectivity index (χ0v) is 9.74. The van der Waals surface area contributed by atoms with Gasteiger partial charge in [-0.15, -0.1) is 0 Å². The van der Waals surface area contributed by atoms with Crippen LogP contribution in [0.4, 0.5) is 18.9 Å². The van der Waals surface area contributed by atoms with Gasteiger partial charge in [0.15, 0.2) is 0 Å². The molecule has 0 atom stereocenters. The molecule has 2 rings (SSSR count). The van der Waals surface area contributed by atoms with Crippen molar-refractivity contribution in [1.29, 1.82) is 0 Å². The summed E-state index contributed by atoms with van der Waals surface area (Å²) in [7, 11) is 0. The molecule has 0 aliphatic rings. The number of hydrogen-bond donors (Lipinski definition) is 2. The van der Waals surface area contributed by atoms with Crippen LogP contribution in [0.15, 0.2) is 29.1 Å². The molecule has 2 aromatic rings. The quantitative estimate of drug-likeness (QED) is 0.827. The Hall–Kier alpha value is -2.25. The summed E-state index contributed by atoms with van der Waals surface area (Å²) in [6.45, 7) is -1.35. The number of nitrogens with one attached hydrogen (secondary N) is 1. The van der Waals surface area contributed by atoms with E-state index in [4.69, 9.17) is 5.73 Å². The molecule has 0 amide bonds. The molecule has 0 spiro atoms. The zero-order chi connectivity index (χ0) is 14.0. The van der Waals surface area contributed by atoms with Crippen LogP contribution in [0.5, 0.6) is 0 Å². The first-order valence-corrected chi connectivity index (χ1v) is 5.40. The Morgan fingerprint density at radius 3 is 2.47 bits per heavy atom. The lowest BCUT2D eigenvalue weighted by Gasteiger charge is -2.08. The average molecular weight is 272 g/mol. The molecule has 5 nitrogen and oxygen atoms in total. The zero-order valence-electron chi connectivity index (χ0n) is 9.74. The third kappa shape index (κ3) is 3.36. The van der Waals surface area contributed by atoms with Gasteiger partial charge in [-0.25, -0.2) is 9.89 Å². The van der Waals surface area contributed by atoms with Crippen LogP contribution in [0.1, 0.15) is 11.4 Å². The summed E-state index contributed by atoms with van der Waals surface area (Å²) in [6, 6.07) is 6.61. The normalized spacial score (nSPS) is 11.7. The van der Waals surface area contributed by atoms with Crippen molar-refractivity contribution in [2.24, 2.45) is 0 Å². The predicted molar refractivity (Wildman–Crippen MR) is 62.6 cm³/mol. The smallest absolute Gasteiger partial charge is 0.399 e. The SMILES string of the molecule is Nc1ccc(Cc2n[nH]c(=O)n2CC(F)(F)F)cc1. The minimum Gasteiger partial charge on any atom is -0.399 e. The maximum Gasteiger partial charge on any atom is 0.406 e. The van der Waals surface area contributed by atoms with Gasteiger partial charge in [-0.2, -0.15) is 18.3 Å². The van der Waals surface area contributed by atoms with Gasteiger partial charge in [-0.3, -0.25) is 4.57 Å². The number of rotatable bonds is 3. The highest BCUT2D eigenvalue weighted by Crippen LogP contribution is 2.18. The first-order valence-electron chi connectivity index (χ1n) is 5.40. The number of aromatic nitrogens is 3. The van der Waals surface area contributed by atoms with Gasteiger partial charge in [0.25, 0.3) is 0 Å². The summed E-state index contributed by atoms with van der Waals surface area (Å²) in [4.78, 5) is 11.3. The number of alkyl halides is 3. The number of nitrogens with two attached hydrogens (primary N) is 1. The largest absolute Gasteiger partial charge is 0.406 e. The van der Waals surface area contributed by atoms with Gasteiger partial charge in [-0.05, 0) is 17.7 Å². The number of anilines is 1. The molecule has 102 valence electrons. The van der Waals surface area contributed by atoms with Gasteiger partial charge in [-0.1, -0.05) is 12.1 Å². The van der Waals surface area contributed by atoms with Crippen molar-refractivity contribution in [2.75, 3.05) is 5.73 Å². The third-order valence-corrected chi connectivity index (χ3v) is 2.52. The van der Waals surface area contributed by atoms with Gasteiger partial charge in [0, 0.05) is 12.1 Å². The van der Waals surface area contributed by atoms with Gasteiger partial charge in [0.2, 0.25) is 0 Å². The highest BCUT2D eigenvalue weighted by atomic mass is 19.4. The van der Waals surface area contributed by atoms with Crippen LogP contribution in [0.2, 0.25) is 0 Å². The summed E-state index contributed by atoms with van der Waals surface area (Å²) in [5, 5.41) is 5.64. The second-order valence-electron chi connectivity index (χ2n) is 4.06. The van der Waals surface area contributed by atoms with E-state index in [0.717, 1.165) is 5.56 Å². The lowest BCUT2D eigenvalue weighted by molar-refractivity contribution is -0.141. The second kappa shape index (κ2) is 4.79. The average Bonchev–Trinajstić information content (AvgIpc) is 2.63. The Balaban J connectivity index is 2.26. The van der Waals surface area contributed by atoms with Crippen LogP contribution in [-0.2, 0) is 13.0 Å². The molecule has 0 fully saturated rings. The van der Waals surface area contributed by atoms with Gasteiger partial charge in [0.05, 0.1) is 0 Å². The maximum atomic E-state index is 12.4. The number of benzene rings is 1. The maximum absolute atomic E-state index is 12.4. The number of H-pyrrole nitrogens is 1. The fourth-order valence-electron chi connectivity index (χ4n) is 1.65. The van der Waals surface area contributed by atoms with Gasteiger partial charge < -0.3 is 5.73 Å². The summed E-state index contributed by atoms with van der Waals surface area (Å²) in [6.07, 6.45) is -4.35. The first-order chi connectivity index (χ1) is 8.85. The van der Waals surface area contributed by atoms with Crippen LogP contribution in [-0.4, -0.2) is 20.9 Å². The predicted octanol–water partition coefficient (Wildman–Crippen LogP) is 1.31. The Bertz CT molecular complexity index is 612. The lowest BCUT2D eigenvalue weighted by atomic mass is 10.1. The molecule has 1 aromatic carbocycles. The number of nitrogen functional groups attached to an aromatic ring is 1. The number of nitrogens with zero attached hydrogens (tertiary/aromatic N) is 2. The fraction of sp³-hybridized carbons (Fsp3) is 0.273. The van der Waals surface area contributed by atoms with Crippen molar-refractivity contribution in [2.45, 2.75) is 19.1 Å². The molecular weight excluding hydrogens is 261 g/mol. The van der Waals surface area contributed by atoms with Crippen LogP contribution < -0.4 is 11.4 Å². The second-order valence-corrected chi connectivity index (χ2v) is 4.06. The molecule has 1 aromatic heterocycles. The van der Waals surface area contributed by atoms with Crippen molar-refractivity contribution in [3.63, 3.8) is 0 Å². The standard InChI is InChI=1S/C11H11F3N4O/c12-11(13,14)6-18-9(16-17-10(18)19)5-7-1-3-8(15)4-2-7/h1-4H,5-6,15H2,(H,17,19). The van der Waals surface area contributed by atoms with Gasteiger partial charge >= 0.3 is 11.9 Å². The van der Waals surface area contributed by atoms with E-state index in [1.165, 1.54) is 0 Å². The Morgan fingerprint density at radius 2 is 1.89 bits per heavy atom. The van der Waals surface area contributed by atoms with Crippen molar-refractivity contribution >= 4 is 5.69 Å². The lowest BCUT2D eigenvalue weighted by Crippen LogP contribution is -2.27. The van der Waals surface area contributed by atoms with E-state index in [0.29, 0.717) is 10.3 Å². The van der Waals surface area contributed by atoms with E-state index in [1.54, 1.807) is 24.3 Å². The Kier molecular flexibility index (Phi) is 3.32. The molecule has 3 N–H and O–H groups in total. The summed E-state index contributed by atoms with van der Waals surface area (Å²) in [5.74, 6) is 0.0343. The Morgan fingerprint density at radius 1 is 1.26 bits per heavy atom. The van der Waals surface area contributed by atoms with E-state index < -0.39 is 18.4 Å². The number of aromatic amines is 1. The molecule has 8 heteroatoms. The molecule has 19 heavy (non-hydrogen) atoms. The van der Waals surface area contributed by atoms with E-state index >= 15 is 0 Å². The molecular formula is C11H11F3N4O. The van der Waals surface area contributed by atoms with E-state index in [9.17, 15) is 18.0 Å². The van der Waals surface area contributed by atoms with Crippen molar-refractivity contribution in [3.05, 3.63) is 46.1 Å². The van der Waals surface area contributed by atoms with E-state index in [2.05, 4.69) is 5.10 Å². The Labute approximate surface area is 105 Å². The topological polar surface area (TPSA) is 76.7 Å². The first kappa shape index (κ1) is 13.2. The number of halogens is 3. The minimum absolute atomic E-state index is 0.0343. The van der Waals surface area contributed by atoms with Crippen LogP contribution in [0.25, 0.3) is 0 Å².